The number of rotatable bonds is 6. The Morgan fingerprint density at radius 1 is 1.21 bits per heavy atom. The zero-order valence-corrected chi connectivity index (χ0v) is 18.4. The first-order valence-electron chi connectivity index (χ1n) is 9.88. The maximum absolute atomic E-state index is 11.8. The Bertz CT molecular complexity index is 1000. The molecule has 156 valence electrons. The third kappa shape index (κ3) is 5.09. The topological polar surface area (TPSA) is 73.8 Å². The molecule has 1 atom stereocenters. The van der Waals surface area contributed by atoms with Crippen LogP contribution in [0.5, 0.6) is 0 Å². The lowest BCUT2D eigenvalue weighted by atomic mass is 10.1. The van der Waals surface area contributed by atoms with Crippen LogP contribution in [0.1, 0.15) is 23.6 Å². The first kappa shape index (κ1) is 21.2. The maximum atomic E-state index is 11.8. The van der Waals surface area contributed by atoms with Gasteiger partial charge in [0, 0.05) is 44.7 Å². The van der Waals surface area contributed by atoms with Crippen molar-refractivity contribution in [3.05, 3.63) is 59.2 Å². The number of aliphatic imine (C=N–C) groups is 1. The van der Waals surface area contributed by atoms with Gasteiger partial charge in [-0.25, -0.2) is 8.42 Å². The summed E-state index contributed by atoms with van der Waals surface area (Å²) in [5.74, 6) is 0.731. The van der Waals surface area contributed by atoms with Gasteiger partial charge in [-0.15, -0.1) is 0 Å². The van der Waals surface area contributed by atoms with Crippen LogP contribution in [0.4, 0.5) is 5.69 Å². The minimum absolute atomic E-state index is 0.378. The molecule has 1 aliphatic heterocycles. The summed E-state index contributed by atoms with van der Waals surface area (Å²) < 4.78 is 23.5. The second-order valence-electron chi connectivity index (χ2n) is 7.60. The molecule has 0 radical (unpaired) electrons. The highest BCUT2D eigenvalue weighted by atomic mass is 32.2. The summed E-state index contributed by atoms with van der Waals surface area (Å²) in [6.07, 6.45) is 2.32. The molecule has 2 aromatic rings. The summed E-state index contributed by atoms with van der Waals surface area (Å²) in [5.41, 5.74) is 4.51. The molecule has 1 unspecified atom stereocenters. The van der Waals surface area contributed by atoms with Crippen molar-refractivity contribution in [2.75, 3.05) is 31.3 Å². The van der Waals surface area contributed by atoms with Crippen LogP contribution in [0.3, 0.4) is 0 Å². The zero-order chi connectivity index (χ0) is 21.0. The number of hydrogen-bond donors (Lipinski definition) is 2. The number of fused-ring (bicyclic) bond motifs is 1. The fourth-order valence-electron chi connectivity index (χ4n) is 3.91. The van der Waals surface area contributed by atoms with Crippen molar-refractivity contribution in [3.63, 3.8) is 0 Å². The zero-order valence-electron chi connectivity index (χ0n) is 17.6. The molecule has 7 heteroatoms. The largest absolute Gasteiger partial charge is 0.367 e. The molecular weight excluding hydrogens is 384 g/mol. The maximum Gasteiger partial charge on any atom is 0.191 e. The molecule has 2 aromatic carbocycles. The van der Waals surface area contributed by atoms with Crippen molar-refractivity contribution in [2.45, 2.75) is 37.8 Å². The van der Waals surface area contributed by atoms with Crippen LogP contribution in [0.15, 0.2) is 52.4 Å². The molecule has 29 heavy (non-hydrogen) atoms. The highest BCUT2D eigenvalue weighted by Gasteiger charge is 2.24. The van der Waals surface area contributed by atoms with E-state index in [9.17, 15) is 8.42 Å². The van der Waals surface area contributed by atoms with Gasteiger partial charge in [0.1, 0.15) is 0 Å². The highest BCUT2D eigenvalue weighted by Crippen LogP contribution is 2.31. The Balaban J connectivity index is 1.52. The SMILES string of the molecule is CN=C(NCCN1c2ccccc2CC1C)NCc1ccc(S(C)(=O)=O)c(C)c1. The third-order valence-corrected chi connectivity index (χ3v) is 6.57. The Hall–Kier alpha value is -2.54. The Kier molecular flexibility index (Phi) is 6.47. The summed E-state index contributed by atoms with van der Waals surface area (Å²) in [6.45, 7) is 6.34. The second-order valence-corrected chi connectivity index (χ2v) is 9.58. The molecule has 0 saturated carbocycles. The minimum Gasteiger partial charge on any atom is -0.367 e. The van der Waals surface area contributed by atoms with Gasteiger partial charge >= 0.3 is 0 Å². The number of sulfone groups is 1. The van der Waals surface area contributed by atoms with Crippen LogP contribution < -0.4 is 15.5 Å². The lowest BCUT2D eigenvalue weighted by Gasteiger charge is -2.25. The summed E-state index contributed by atoms with van der Waals surface area (Å²) in [6, 6.07) is 14.5. The Labute approximate surface area is 174 Å². The molecule has 0 amide bonds. The van der Waals surface area contributed by atoms with E-state index in [0.717, 1.165) is 36.6 Å². The number of nitrogens with one attached hydrogen (secondary N) is 2. The molecule has 2 N–H and O–H groups in total. The summed E-state index contributed by atoms with van der Waals surface area (Å²) >= 11 is 0. The number of para-hydroxylation sites is 1. The van der Waals surface area contributed by atoms with E-state index in [4.69, 9.17) is 0 Å². The Morgan fingerprint density at radius 2 is 1.97 bits per heavy atom. The molecular formula is C22H30N4O2S. The van der Waals surface area contributed by atoms with E-state index < -0.39 is 9.84 Å². The molecule has 1 aliphatic rings. The molecule has 0 aromatic heterocycles. The summed E-state index contributed by atoms with van der Waals surface area (Å²) in [5, 5.41) is 6.67. The van der Waals surface area contributed by atoms with Crippen LogP contribution in [-0.2, 0) is 22.8 Å². The lowest BCUT2D eigenvalue weighted by molar-refractivity contribution is 0.601. The first-order valence-corrected chi connectivity index (χ1v) is 11.8. The molecule has 0 bridgehead atoms. The average molecular weight is 415 g/mol. The normalized spacial score (nSPS) is 16.6. The van der Waals surface area contributed by atoms with Crippen LogP contribution in [0.2, 0.25) is 0 Å². The standard InChI is InChI=1S/C22H30N4O2S/c1-16-13-18(9-10-21(16)29(4,27)28)15-25-22(23-3)24-11-12-26-17(2)14-19-7-5-6-8-20(19)26/h5-10,13,17H,11-12,14-15H2,1-4H3,(H2,23,24,25). The fraction of sp³-hybridized carbons (Fsp3) is 0.409. The average Bonchev–Trinajstić information content (AvgIpc) is 2.99. The van der Waals surface area contributed by atoms with Gasteiger partial charge in [-0.3, -0.25) is 4.99 Å². The monoisotopic (exact) mass is 414 g/mol. The summed E-state index contributed by atoms with van der Waals surface area (Å²) in [7, 11) is -1.44. The van der Waals surface area contributed by atoms with Crippen molar-refractivity contribution in [1.29, 1.82) is 0 Å². The van der Waals surface area contributed by atoms with E-state index in [0.29, 0.717) is 17.5 Å². The number of nitrogens with zero attached hydrogens (tertiary/aromatic N) is 2. The quantitative estimate of drug-likeness (QED) is 0.561. The van der Waals surface area contributed by atoms with E-state index >= 15 is 0 Å². The number of benzene rings is 2. The van der Waals surface area contributed by atoms with E-state index in [1.807, 2.05) is 19.1 Å². The number of aryl methyl sites for hydroxylation is 1. The van der Waals surface area contributed by atoms with Crippen molar-refractivity contribution >= 4 is 21.5 Å². The van der Waals surface area contributed by atoms with Gasteiger partial charge in [-0.1, -0.05) is 30.3 Å². The van der Waals surface area contributed by atoms with Crippen LogP contribution in [0, 0.1) is 6.92 Å². The molecule has 6 nitrogen and oxygen atoms in total. The lowest BCUT2D eigenvalue weighted by Crippen LogP contribution is -2.42. The molecule has 1 heterocycles. The molecule has 0 aliphatic carbocycles. The van der Waals surface area contributed by atoms with E-state index in [-0.39, 0.29) is 0 Å². The highest BCUT2D eigenvalue weighted by molar-refractivity contribution is 7.90. The smallest absolute Gasteiger partial charge is 0.191 e. The van der Waals surface area contributed by atoms with Gasteiger partial charge in [0.15, 0.2) is 15.8 Å². The van der Waals surface area contributed by atoms with Crippen LogP contribution >= 0.6 is 0 Å². The van der Waals surface area contributed by atoms with E-state index in [1.54, 1.807) is 13.1 Å². The molecule has 0 spiro atoms. The van der Waals surface area contributed by atoms with Gasteiger partial charge in [0.2, 0.25) is 0 Å². The number of anilines is 1. The van der Waals surface area contributed by atoms with Crippen molar-refractivity contribution < 1.29 is 8.42 Å². The van der Waals surface area contributed by atoms with Crippen molar-refractivity contribution in [1.82, 2.24) is 10.6 Å². The van der Waals surface area contributed by atoms with Crippen LogP contribution in [0.25, 0.3) is 0 Å². The second kappa shape index (κ2) is 8.86. The van der Waals surface area contributed by atoms with Gasteiger partial charge < -0.3 is 15.5 Å². The van der Waals surface area contributed by atoms with Gasteiger partial charge in [0.05, 0.1) is 4.90 Å². The predicted octanol–water partition coefficient (Wildman–Crippen LogP) is 2.51. The van der Waals surface area contributed by atoms with Crippen LogP contribution in [-0.4, -0.2) is 46.8 Å². The van der Waals surface area contributed by atoms with Gasteiger partial charge in [-0.2, -0.15) is 0 Å². The van der Waals surface area contributed by atoms with E-state index in [2.05, 4.69) is 51.7 Å². The minimum atomic E-state index is -3.19. The summed E-state index contributed by atoms with van der Waals surface area (Å²) in [4.78, 5) is 7.10. The predicted molar refractivity (Wildman–Crippen MR) is 119 cm³/mol. The number of guanidine groups is 1. The van der Waals surface area contributed by atoms with Crippen molar-refractivity contribution in [3.8, 4) is 0 Å². The fourth-order valence-corrected chi connectivity index (χ4v) is 4.87. The van der Waals surface area contributed by atoms with Crippen molar-refractivity contribution in [2.24, 2.45) is 4.99 Å². The molecule has 0 fully saturated rings. The van der Waals surface area contributed by atoms with E-state index in [1.165, 1.54) is 17.5 Å². The Morgan fingerprint density at radius 3 is 2.66 bits per heavy atom. The van der Waals surface area contributed by atoms with Gasteiger partial charge in [0.25, 0.3) is 0 Å². The molecule has 3 rings (SSSR count). The molecule has 0 saturated heterocycles. The number of hydrogen-bond acceptors (Lipinski definition) is 4. The third-order valence-electron chi connectivity index (χ3n) is 5.32. The van der Waals surface area contributed by atoms with Gasteiger partial charge in [-0.05, 0) is 49.1 Å². The first-order chi connectivity index (χ1) is 13.8.